The van der Waals surface area contributed by atoms with E-state index in [1.54, 1.807) is 6.92 Å². The standard InChI is InChI=1S/C7H15FO2/c1-3-6(2)7(8,4-9)5-10/h6,9-10H,3-5H2,1-2H3/t6-/m1/s1. The second-order valence-corrected chi connectivity index (χ2v) is 2.66. The van der Waals surface area contributed by atoms with Crippen LogP contribution in [0.1, 0.15) is 20.3 Å². The molecule has 10 heavy (non-hydrogen) atoms. The highest BCUT2D eigenvalue weighted by molar-refractivity contribution is 4.82. The van der Waals surface area contributed by atoms with E-state index in [9.17, 15) is 4.39 Å². The van der Waals surface area contributed by atoms with Crippen molar-refractivity contribution < 1.29 is 14.6 Å². The third-order valence-corrected chi connectivity index (χ3v) is 2.02. The minimum atomic E-state index is -1.80. The van der Waals surface area contributed by atoms with Crippen LogP contribution in [0.4, 0.5) is 4.39 Å². The molecule has 0 bridgehead atoms. The zero-order chi connectivity index (χ0) is 8.20. The molecule has 0 aromatic carbocycles. The van der Waals surface area contributed by atoms with Crippen LogP contribution in [0.3, 0.4) is 0 Å². The average molecular weight is 150 g/mol. The van der Waals surface area contributed by atoms with Crippen LogP contribution in [0.15, 0.2) is 0 Å². The SMILES string of the molecule is CC[C@@H](C)C(F)(CO)CO. The maximum absolute atomic E-state index is 13.1. The molecular formula is C7H15FO2. The van der Waals surface area contributed by atoms with Crippen molar-refractivity contribution in [3.8, 4) is 0 Å². The Hall–Kier alpha value is -0.150. The van der Waals surface area contributed by atoms with E-state index in [-0.39, 0.29) is 5.92 Å². The van der Waals surface area contributed by atoms with Crippen LogP contribution in [-0.2, 0) is 0 Å². The number of alkyl halides is 1. The van der Waals surface area contributed by atoms with Gasteiger partial charge in [-0.2, -0.15) is 0 Å². The Morgan fingerprint density at radius 3 is 1.90 bits per heavy atom. The Bertz CT molecular complexity index is 91.6. The molecular weight excluding hydrogens is 135 g/mol. The first-order valence-electron chi connectivity index (χ1n) is 3.51. The molecule has 62 valence electrons. The van der Waals surface area contributed by atoms with E-state index in [1.807, 2.05) is 6.92 Å². The van der Waals surface area contributed by atoms with Crippen LogP contribution < -0.4 is 0 Å². The van der Waals surface area contributed by atoms with Crippen LogP contribution in [0, 0.1) is 5.92 Å². The lowest BCUT2D eigenvalue weighted by molar-refractivity contribution is -0.0251. The van der Waals surface area contributed by atoms with Crippen LogP contribution in [0.2, 0.25) is 0 Å². The predicted octanol–water partition coefficient (Wildman–Crippen LogP) is 0.725. The Labute approximate surface area is 60.7 Å². The topological polar surface area (TPSA) is 40.5 Å². The quantitative estimate of drug-likeness (QED) is 0.620. The lowest BCUT2D eigenvalue weighted by Gasteiger charge is -2.26. The largest absolute Gasteiger partial charge is 0.393 e. The van der Waals surface area contributed by atoms with E-state index in [4.69, 9.17) is 10.2 Å². The molecule has 0 rings (SSSR count). The van der Waals surface area contributed by atoms with Gasteiger partial charge >= 0.3 is 0 Å². The summed E-state index contributed by atoms with van der Waals surface area (Å²) >= 11 is 0. The van der Waals surface area contributed by atoms with E-state index >= 15 is 0 Å². The molecule has 0 saturated carbocycles. The highest BCUT2D eigenvalue weighted by Crippen LogP contribution is 2.23. The first kappa shape index (κ1) is 9.85. The molecule has 0 unspecified atom stereocenters. The van der Waals surface area contributed by atoms with Crippen molar-refractivity contribution in [1.82, 2.24) is 0 Å². The van der Waals surface area contributed by atoms with Crippen LogP contribution >= 0.6 is 0 Å². The molecule has 0 saturated heterocycles. The van der Waals surface area contributed by atoms with Gasteiger partial charge < -0.3 is 10.2 Å². The van der Waals surface area contributed by atoms with Gasteiger partial charge in [0.25, 0.3) is 0 Å². The second kappa shape index (κ2) is 3.88. The molecule has 0 aromatic rings. The molecule has 3 heteroatoms. The average Bonchev–Trinajstić information content (AvgIpc) is 2.01. The van der Waals surface area contributed by atoms with Gasteiger partial charge in [0.2, 0.25) is 0 Å². The maximum Gasteiger partial charge on any atom is 0.159 e. The first-order valence-corrected chi connectivity index (χ1v) is 3.51. The number of hydrogen-bond acceptors (Lipinski definition) is 2. The van der Waals surface area contributed by atoms with E-state index in [0.717, 1.165) is 0 Å². The predicted molar refractivity (Wildman–Crippen MR) is 37.5 cm³/mol. The summed E-state index contributed by atoms with van der Waals surface area (Å²) in [6.45, 7) is 2.30. The van der Waals surface area contributed by atoms with Crippen LogP contribution in [0.5, 0.6) is 0 Å². The summed E-state index contributed by atoms with van der Waals surface area (Å²) in [7, 11) is 0. The minimum Gasteiger partial charge on any atom is -0.393 e. The van der Waals surface area contributed by atoms with Gasteiger partial charge in [0.15, 0.2) is 5.67 Å². The van der Waals surface area contributed by atoms with E-state index < -0.39 is 18.9 Å². The molecule has 0 aliphatic rings. The first-order chi connectivity index (χ1) is 4.60. The van der Waals surface area contributed by atoms with E-state index in [0.29, 0.717) is 6.42 Å². The second-order valence-electron chi connectivity index (χ2n) is 2.66. The van der Waals surface area contributed by atoms with Gasteiger partial charge in [-0.1, -0.05) is 20.3 Å². The summed E-state index contributed by atoms with van der Waals surface area (Å²) in [5, 5.41) is 17.1. The molecule has 0 aromatic heterocycles. The summed E-state index contributed by atoms with van der Waals surface area (Å²) in [6.07, 6.45) is 0.623. The molecule has 2 N–H and O–H groups in total. The zero-order valence-corrected chi connectivity index (χ0v) is 6.47. The highest BCUT2D eigenvalue weighted by Gasteiger charge is 2.33. The van der Waals surface area contributed by atoms with Crippen molar-refractivity contribution >= 4 is 0 Å². The number of aliphatic hydroxyl groups is 2. The van der Waals surface area contributed by atoms with E-state index in [1.165, 1.54) is 0 Å². The van der Waals surface area contributed by atoms with Gasteiger partial charge in [-0.25, -0.2) is 4.39 Å². The Morgan fingerprint density at radius 2 is 1.80 bits per heavy atom. The lowest BCUT2D eigenvalue weighted by Crippen LogP contribution is -2.39. The highest BCUT2D eigenvalue weighted by atomic mass is 19.1. The van der Waals surface area contributed by atoms with Crippen LogP contribution in [0.25, 0.3) is 0 Å². The normalized spacial score (nSPS) is 15.3. The van der Waals surface area contributed by atoms with Gasteiger partial charge in [-0.05, 0) is 5.92 Å². The smallest absolute Gasteiger partial charge is 0.159 e. The Kier molecular flexibility index (Phi) is 3.83. The molecule has 0 aliphatic heterocycles. The van der Waals surface area contributed by atoms with Crippen molar-refractivity contribution in [3.63, 3.8) is 0 Å². The number of hydrogen-bond donors (Lipinski definition) is 2. The van der Waals surface area contributed by atoms with Crippen molar-refractivity contribution in [1.29, 1.82) is 0 Å². The maximum atomic E-state index is 13.1. The van der Waals surface area contributed by atoms with Gasteiger partial charge in [0, 0.05) is 0 Å². The molecule has 0 spiro atoms. The number of halogens is 1. The van der Waals surface area contributed by atoms with Gasteiger partial charge in [-0.3, -0.25) is 0 Å². The molecule has 0 heterocycles. The third kappa shape index (κ3) is 1.92. The van der Waals surface area contributed by atoms with Gasteiger partial charge in [0.05, 0.1) is 13.2 Å². The molecule has 1 atom stereocenters. The van der Waals surface area contributed by atoms with Gasteiger partial charge in [0.1, 0.15) is 0 Å². The molecule has 0 radical (unpaired) electrons. The Balaban J connectivity index is 4.02. The summed E-state index contributed by atoms with van der Waals surface area (Å²) in [4.78, 5) is 0. The molecule has 0 aliphatic carbocycles. The summed E-state index contributed by atoms with van der Waals surface area (Å²) in [5.41, 5.74) is -1.80. The number of aliphatic hydroxyl groups excluding tert-OH is 2. The zero-order valence-electron chi connectivity index (χ0n) is 6.47. The summed E-state index contributed by atoms with van der Waals surface area (Å²) in [6, 6.07) is 0. The molecule has 0 amide bonds. The fourth-order valence-electron chi connectivity index (χ4n) is 0.728. The summed E-state index contributed by atoms with van der Waals surface area (Å²) in [5.74, 6) is -0.289. The third-order valence-electron chi connectivity index (χ3n) is 2.02. The van der Waals surface area contributed by atoms with Crippen molar-refractivity contribution in [3.05, 3.63) is 0 Å². The minimum absolute atomic E-state index is 0.289. The number of rotatable bonds is 4. The summed E-state index contributed by atoms with van der Waals surface area (Å²) < 4.78 is 13.1. The van der Waals surface area contributed by atoms with Gasteiger partial charge in [-0.15, -0.1) is 0 Å². The molecule has 0 fully saturated rings. The molecule has 2 nitrogen and oxygen atoms in total. The van der Waals surface area contributed by atoms with Crippen LogP contribution in [-0.4, -0.2) is 29.1 Å². The fourth-order valence-corrected chi connectivity index (χ4v) is 0.728. The lowest BCUT2D eigenvalue weighted by atomic mass is 9.90. The Morgan fingerprint density at radius 1 is 1.40 bits per heavy atom. The van der Waals surface area contributed by atoms with Crippen molar-refractivity contribution in [2.75, 3.05) is 13.2 Å². The monoisotopic (exact) mass is 150 g/mol. The van der Waals surface area contributed by atoms with Crippen molar-refractivity contribution in [2.45, 2.75) is 25.9 Å². The van der Waals surface area contributed by atoms with Crippen molar-refractivity contribution in [2.24, 2.45) is 5.92 Å². The fraction of sp³-hybridized carbons (Fsp3) is 1.00. The van der Waals surface area contributed by atoms with E-state index in [2.05, 4.69) is 0 Å².